The number of ether oxygens (including phenoxy) is 3. The second-order valence-electron chi connectivity index (χ2n) is 5.29. The largest absolute Gasteiger partial charge is 0.497 e. The highest BCUT2D eigenvalue weighted by Gasteiger charge is 2.33. The number of aromatic nitrogens is 1. The second kappa shape index (κ2) is 7.53. The molecule has 2 heterocycles. The Hall–Kier alpha value is -2.28. The minimum absolute atomic E-state index is 0.00628. The van der Waals surface area contributed by atoms with Crippen molar-refractivity contribution in [2.24, 2.45) is 0 Å². The predicted molar refractivity (Wildman–Crippen MR) is 91.4 cm³/mol. The van der Waals surface area contributed by atoms with Gasteiger partial charge < -0.3 is 19.1 Å². The zero-order valence-corrected chi connectivity index (χ0v) is 14.7. The van der Waals surface area contributed by atoms with Gasteiger partial charge in [-0.25, -0.2) is 4.98 Å². The lowest BCUT2D eigenvalue weighted by Gasteiger charge is -2.38. The quantitative estimate of drug-likeness (QED) is 0.755. The van der Waals surface area contributed by atoms with Crippen molar-refractivity contribution >= 4 is 21.8 Å². The number of amides is 1. The van der Waals surface area contributed by atoms with Gasteiger partial charge in [0.1, 0.15) is 17.6 Å². The predicted octanol–water partition coefficient (Wildman–Crippen LogP) is 2.52. The molecule has 24 heavy (non-hydrogen) atoms. The molecule has 3 rings (SSSR count). The van der Waals surface area contributed by atoms with Crippen molar-refractivity contribution in [3.8, 4) is 17.4 Å². The number of nitrogens with zero attached hydrogens (tertiary/aromatic N) is 2. The lowest BCUT2D eigenvalue weighted by Crippen LogP contribution is -2.57. The van der Waals surface area contributed by atoms with E-state index in [1.807, 2.05) is 12.1 Å². The number of carbonyl (C=O) groups is 1. The van der Waals surface area contributed by atoms with E-state index in [0.717, 1.165) is 10.2 Å². The van der Waals surface area contributed by atoms with Crippen LogP contribution >= 0.6 is 15.9 Å². The number of hydrogen-bond donors (Lipinski definition) is 0. The Labute approximate surface area is 148 Å². The molecule has 1 fully saturated rings. The lowest BCUT2D eigenvalue weighted by molar-refractivity contribution is -0.142. The minimum atomic E-state index is -0.0641. The topological polar surface area (TPSA) is 60.9 Å². The van der Waals surface area contributed by atoms with Gasteiger partial charge in [-0.3, -0.25) is 4.79 Å². The molecule has 0 bridgehead atoms. The van der Waals surface area contributed by atoms with Crippen LogP contribution in [0, 0.1) is 0 Å². The number of likely N-dealkylation sites (tertiary alicyclic amines) is 1. The molecule has 0 unspecified atom stereocenters. The Morgan fingerprint density at radius 3 is 2.62 bits per heavy atom. The molecule has 0 N–H and O–H groups in total. The molecule has 1 aliphatic rings. The molecule has 1 aromatic heterocycles. The van der Waals surface area contributed by atoms with Crippen LogP contribution in [0.1, 0.15) is 0 Å². The Morgan fingerprint density at radius 1 is 1.25 bits per heavy atom. The molecule has 1 amide bonds. The number of halogens is 1. The van der Waals surface area contributed by atoms with Gasteiger partial charge in [0.15, 0.2) is 6.61 Å². The van der Waals surface area contributed by atoms with Crippen molar-refractivity contribution in [3.05, 3.63) is 47.1 Å². The van der Waals surface area contributed by atoms with Crippen LogP contribution in [-0.2, 0) is 4.79 Å². The Bertz CT molecular complexity index is 702. The van der Waals surface area contributed by atoms with Crippen molar-refractivity contribution in [3.63, 3.8) is 0 Å². The van der Waals surface area contributed by atoms with E-state index in [0.29, 0.717) is 24.7 Å². The van der Waals surface area contributed by atoms with Crippen LogP contribution in [0.15, 0.2) is 47.1 Å². The number of rotatable bonds is 6. The summed E-state index contributed by atoms with van der Waals surface area (Å²) < 4.78 is 17.1. The maximum absolute atomic E-state index is 12.1. The molecular weight excluding hydrogens is 376 g/mol. The number of hydrogen-bond acceptors (Lipinski definition) is 5. The van der Waals surface area contributed by atoms with Crippen molar-refractivity contribution in [2.75, 3.05) is 26.8 Å². The van der Waals surface area contributed by atoms with E-state index in [-0.39, 0.29) is 18.6 Å². The molecule has 0 saturated carbocycles. The van der Waals surface area contributed by atoms with Gasteiger partial charge in [-0.2, -0.15) is 0 Å². The van der Waals surface area contributed by atoms with Gasteiger partial charge in [-0.05, 0) is 52.3 Å². The Morgan fingerprint density at radius 2 is 1.96 bits per heavy atom. The molecule has 6 nitrogen and oxygen atoms in total. The summed E-state index contributed by atoms with van der Waals surface area (Å²) >= 11 is 3.39. The van der Waals surface area contributed by atoms with E-state index in [1.165, 1.54) is 0 Å². The third kappa shape index (κ3) is 3.97. The number of carbonyl (C=O) groups excluding carboxylic acids is 1. The Balaban J connectivity index is 1.42. The molecule has 0 spiro atoms. The number of pyridine rings is 1. The maximum Gasteiger partial charge on any atom is 0.260 e. The molecule has 7 heteroatoms. The minimum Gasteiger partial charge on any atom is -0.497 e. The first-order valence-corrected chi connectivity index (χ1v) is 8.27. The van der Waals surface area contributed by atoms with Crippen molar-refractivity contribution in [2.45, 2.75) is 6.10 Å². The average molecular weight is 393 g/mol. The monoisotopic (exact) mass is 392 g/mol. The van der Waals surface area contributed by atoms with Crippen LogP contribution in [-0.4, -0.2) is 48.7 Å². The molecule has 1 saturated heterocycles. The van der Waals surface area contributed by atoms with Gasteiger partial charge in [-0.15, -0.1) is 0 Å². The van der Waals surface area contributed by atoms with Crippen LogP contribution in [0.2, 0.25) is 0 Å². The maximum atomic E-state index is 12.1. The highest BCUT2D eigenvalue weighted by atomic mass is 79.9. The fourth-order valence-electron chi connectivity index (χ4n) is 2.24. The first kappa shape index (κ1) is 16.6. The highest BCUT2D eigenvalue weighted by Crippen LogP contribution is 2.24. The molecule has 0 aliphatic carbocycles. The van der Waals surface area contributed by atoms with Gasteiger partial charge in [0.25, 0.3) is 5.91 Å². The standard InChI is InChI=1S/C17H17BrN2O4/c1-22-12-4-6-13(7-5-12)23-11-16(21)20-9-14(10-20)24-17-15(18)3-2-8-19-17/h2-8,14H,9-11H2,1H3. The van der Waals surface area contributed by atoms with Crippen LogP contribution in [0.4, 0.5) is 0 Å². The van der Waals surface area contributed by atoms with E-state index in [2.05, 4.69) is 20.9 Å². The van der Waals surface area contributed by atoms with Crippen LogP contribution < -0.4 is 14.2 Å². The fourth-order valence-corrected chi connectivity index (χ4v) is 2.59. The van der Waals surface area contributed by atoms with Crippen LogP contribution in [0.5, 0.6) is 17.4 Å². The van der Waals surface area contributed by atoms with Crippen molar-refractivity contribution in [1.82, 2.24) is 9.88 Å². The zero-order valence-electron chi connectivity index (χ0n) is 13.1. The number of methoxy groups -OCH3 is 1. The second-order valence-corrected chi connectivity index (χ2v) is 6.15. The smallest absolute Gasteiger partial charge is 0.260 e. The summed E-state index contributed by atoms with van der Waals surface area (Å²) in [4.78, 5) is 17.9. The van der Waals surface area contributed by atoms with Crippen LogP contribution in [0.25, 0.3) is 0 Å². The normalized spacial score (nSPS) is 14.0. The molecule has 1 aliphatic heterocycles. The van der Waals surface area contributed by atoms with Crippen LogP contribution in [0.3, 0.4) is 0 Å². The summed E-state index contributed by atoms with van der Waals surface area (Å²) in [5, 5.41) is 0. The first-order chi connectivity index (χ1) is 11.7. The molecule has 126 valence electrons. The van der Waals surface area contributed by atoms with Gasteiger partial charge in [0, 0.05) is 6.20 Å². The molecule has 1 aromatic carbocycles. The lowest BCUT2D eigenvalue weighted by atomic mass is 10.1. The van der Waals surface area contributed by atoms with E-state index in [4.69, 9.17) is 14.2 Å². The van der Waals surface area contributed by atoms with Gasteiger partial charge >= 0.3 is 0 Å². The molecule has 0 radical (unpaired) electrons. The first-order valence-electron chi connectivity index (χ1n) is 7.47. The van der Waals surface area contributed by atoms with E-state index < -0.39 is 0 Å². The van der Waals surface area contributed by atoms with E-state index in [1.54, 1.807) is 42.5 Å². The Kier molecular flexibility index (Phi) is 5.20. The van der Waals surface area contributed by atoms with Crippen molar-refractivity contribution in [1.29, 1.82) is 0 Å². The summed E-state index contributed by atoms with van der Waals surface area (Å²) in [5.41, 5.74) is 0. The molecule has 0 atom stereocenters. The molecular formula is C17H17BrN2O4. The van der Waals surface area contributed by atoms with E-state index >= 15 is 0 Å². The van der Waals surface area contributed by atoms with E-state index in [9.17, 15) is 4.79 Å². The SMILES string of the molecule is COc1ccc(OCC(=O)N2CC(Oc3ncccc3Br)C2)cc1. The van der Waals surface area contributed by atoms with Gasteiger partial charge in [0.2, 0.25) is 5.88 Å². The number of benzene rings is 1. The third-order valence-corrected chi connectivity index (χ3v) is 4.23. The summed E-state index contributed by atoms with van der Waals surface area (Å²) in [6.45, 7) is 1.08. The summed E-state index contributed by atoms with van der Waals surface area (Å²) in [7, 11) is 1.60. The molecule has 2 aromatic rings. The van der Waals surface area contributed by atoms with Gasteiger partial charge in [0.05, 0.1) is 24.7 Å². The fraction of sp³-hybridized carbons (Fsp3) is 0.294. The van der Waals surface area contributed by atoms with Gasteiger partial charge in [-0.1, -0.05) is 0 Å². The summed E-state index contributed by atoms with van der Waals surface area (Å²) in [6.07, 6.45) is 1.63. The summed E-state index contributed by atoms with van der Waals surface area (Å²) in [5.74, 6) is 1.86. The summed E-state index contributed by atoms with van der Waals surface area (Å²) in [6, 6.07) is 10.8. The zero-order chi connectivity index (χ0) is 16.9. The average Bonchev–Trinajstić information content (AvgIpc) is 2.57. The third-order valence-electron chi connectivity index (χ3n) is 3.63. The van der Waals surface area contributed by atoms with Crippen molar-refractivity contribution < 1.29 is 19.0 Å². The highest BCUT2D eigenvalue weighted by molar-refractivity contribution is 9.10.